The summed E-state index contributed by atoms with van der Waals surface area (Å²) in [5.74, 6) is 0.0185. The maximum absolute atomic E-state index is 12.0. The SMILES string of the molecule is Cn1ccc(NC(=O)c2cc(N)cc(Cl)c2Cl)n1. The molecule has 1 aromatic heterocycles. The Morgan fingerprint density at radius 2 is 2.17 bits per heavy atom. The van der Waals surface area contributed by atoms with E-state index in [1.165, 1.54) is 12.1 Å². The van der Waals surface area contributed by atoms with Gasteiger partial charge in [0.05, 0.1) is 15.6 Å². The van der Waals surface area contributed by atoms with E-state index in [-0.39, 0.29) is 15.6 Å². The van der Waals surface area contributed by atoms with Gasteiger partial charge in [-0.3, -0.25) is 9.48 Å². The molecule has 2 rings (SSSR count). The molecular weight excluding hydrogens is 275 g/mol. The van der Waals surface area contributed by atoms with E-state index in [0.29, 0.717) is 11.5 Å². The molecule has 0 unspecified atom stereocenters. The standard InChI is InChI=1S/C11H10Cl2N4O/c1-17-3-2-9(16-17)15-11(18)7-4-6(14)5-8(12)10(7)13/h2-5H,14H2,1H3,(H,15,16,18). The Bertz CT molecular complexity index is 609. The number of rotatable bonds is 2. The van der Waals surface area contributed by atoms with Crippen molar-refractivity contribution in [1.29, 1.82) is 0 Å². The normalized spacial score (nSPS) is 10.4. The van der Waals surface area contributed by atoms with Crippen molar-refractivity contribution in [3.05, 3.63) is 40.0 Å². The number of hydrogen-bond acceptors (Lipinski definition) is 3. The topological polar surface area (TPSA) is 72.9 Å². The molecule has 0 aliphatic heterocycles. The van der Waals surface area contributed by atoms with Gasteiger partial charge in [-0.25, -0.2) is 0 Å². The zero-order chi connectivity index (χ0) is 13.3. The maximum Gasteiger partial charge on any atom is 0.258 e. The fourth-order valence-corrected chi connectivity index (χ4v) is 1.86. The first-order valence-corrected chi connectivity index (χ1v) is 5.78. The van der Waals surface area contributed by atoms with E-state index in [0.717, 1.165) is 0 Å². The monoisotopic (exact) mass is 284 g/mol. The van der Waals surface area contributed by atoms with Crippen LogP contribution in [0, 0.1) is 0 Å². The van der Waals surface area contributed by atoms with Crippen LogP contribution < -0.4 is 11.1 Å². The van der Waals surface area contributed by atoms with E-state index in [9.17, 15) is 4.79 Å². The van der Waals surface area contributed by atoms with Gasteiger partial charge >= 0.3 is 0 Å². The van der Waals surface area contributed by atoms with Crippen molar-refractivity contribution in [3.8, 4) is 0 Å². The zero-order valence-corrected chi connectivity index (χ0v) is 11.0. The molecule has 5 nitrogen and oxygen atoms in total. The summed E-state index contributed by atoms with van der Waals surface area (Å²) in [6.45, 7) is 0. The van der Waals surface area contributed by atoms with Crippen LogP contribution in [0.5, 0.6) is 0 Å². The molecule has 0 aliphatic carbocycles. The predicted molar refractivity (Wildman–Crippen MR) is 72.0 cm³/mol. The molecule has 0 atom stereocenters. The third kappa shape index (κ3) is 2.57. The molecule has 1 aromatic carbocycles. The molecule has 3 N–H and O–H groups in total. The minimum absolute atomic E-state index is 0.166. The Hall–Kier alpha value is -1.72. The van der Waals surface area contributed by atoms with Crippen molar-refractivity contribution < 1.29 is 4.79 Å². The van der Waals surface area contributed by atoms with Gasteiger partial charge in [0.1, 0.15) is 0 Å². The molecule has 0 aliphatic rings. The first-order chi connectivity index (χ1) is 8.47. The lowest BCUT2D eigenvalue weighted by Crippen LogP contribution is -2.13. The minimum Gasteiger partial charge on any atom is -0.399 e. The van der Waals surface area contributed by atoms with E-state index in [1.54, 1.807) is 24.0 Å². The molecule has 2 aromatic rings. The van der Waals surface area contributed by atoms with Crippen molar-refractivity contribution in [2.45, 2.75) is 0 Å². The van der Waals surface area contributed by atoms with Gasteiger partial charge in [0.25, 0.3) is 5.91 Å². The van der Waals surface area contributed by atoms with Gasteiger partial charge < -0.3 is 11.1 Å². The summed E-state index contributed by atoms with van der Waals surface area (Å²) >= 11 is 11.8. The largest absolute Gasteiger partial charge is 0.399 e. The van der Waals surface area contributed by atoms with E-state index in [2.05, 4.69) is 10.4 Å². The second kappa shape index (κ2) is 4.88. The lowest BCUT2D eigenvalue weighted by atomic mass is 10.2. The van der Waals surface area contributed by atoms with Crippen LogP contribution in [-0.4, -0.2) is 15.7 Å². The smallest absolute Gasteiger partial charge is 0.258 e. The van der Waals surface area contributed by atoms with Gasteiger partial charge in [0, 0.05) is 25.0 Å². The highest BCUT2D eigenvalue weighted by Gasteiger charge is 2.15. The molecule has 0 saturated carbocycles. The van der Waals surface area contributed by atoms with Crippen LogP contribution in [0.1, 0.15) is 10.4 Å². The van der Waals surface area contributed by atoms with Crippen LogP contribution in [0.4, 0.5) is 11.5 Å². The summed E-state index contributed by atoms with van der Waals surface area (Å²) in [7, 11) is 1.75. The van der Waals surface area contributed by atoms with Crippen LogP contribution in [0.25, 0.3) is 0 Å². The molecule has 1 heterocycles. The molecule has 0 bridgehead atoms. The zero-order valence-electron chi connectivity index (χ0n) is 9.45. The van der Waals surface area contributed by atoms with Gasteiger partial charge in [-0.05, 0) is 12.1 Å². The molecule has 0 saturated heterocycles. The van der Waals surface area contributed by atoms with E-state index in [4.69, 9.17) is 28.9 Å². The van der Waals surface area contributed by atoms with Crippen LogP contribution in [0.2, 0.25) is 10.0 Å². The molecule has 0 spiro atoms. The molecule has 0 radical (unpaired) electrons. The summed E-state index contributed by atoms with van der Waals surface area (Å²) in [6.07, 6.45) is 1.71. The van der Waals surface area contributed by atoms with Crippen molar-refractivity contribution in [3.63, 3.8) is 0 Å². The number of nitrogens with zero attached hydrogens (tertiary/aromatic N) is 2. The van der Waals surface area contributed by atoms with Crippen molar-refractivity contribution in [2.24, 2.45) is 7.05 Å². The number of nitrogens with two attached hydrogens (primary N) is 1. The van der Waals surface area contributed by atoms with Gasteiger partial charge in [0.15, 0.2) is 5.82 Å². The third-order valence-corrected chi connectivity index (χ3v) is 3.05. The maximum atomic E-state index is 12.0. The lowest BCUT2D eigenvalue weighted by Gasteiger charge is -2.07. The summed E-state index contributed by atoms with van der Waals surface area (Å²) in [5, 5.41) is 7.04. The molecule has 0 fully saturated rings. The average Bonchev–Trinajstić information content (AvgIpc) is 2.69. The van der Waals surface area contributed by atoms with Gasteiger partial charge in [-0.2, -0.15) is 5.10 Å². The number of hydrogen-bond donors (Lipinski definition) is 2. The molecular formula is C11H10Cl2N4O. The first kappa shape index (κ1) is 12.7. The second-order valence-electron chi connectivity index (χ2n) is 3.69. The second-order valence-corrected chi connectivity index (χ2v) is 4.48. The van der Waals surface area contributed by atoms with E-state index in [1.807, 2.05) is 0 Å². The Morgan fingerprint density at radius 3 is 2.78 bits per heavy atom. The first-order valence-electron chi connectivity index (χ1n) is 5.03. The van der Waals surface area contributed by atoms with E-state index >= 15 is 0 Å². The highest BCUT2D eigenvalue weighted by atomic mass is 35.5. The van der Waals surface area contributed by atoms with Gasteiger partial charge in [-0.1, -0.05) is 23.2 Å². The minimum atomic E-state index is -0.409. The Kier molecular flexibility index (Phi) is 3.45. The fraction of sp³-hybridized carbons (Fsp3) is 0.0909. The number of carbonyl (C=O) groups is 1. The van der Waals surface area contributed by atoms with Crippen molar-refractivity contribution >= 4 is 40.6 Å². The van der Waals surface area contributed by atoms with Crippen LogP contribution in [-0.2, 0) is 7.05 Å². The summed E-state index contributed by atoms with van der Waals surface area (Å²) in [4.78, 5) is 12.0. The summed E-state index contributed by atoms with van der Waals surface area (Å²) in [6, 6.07) is 4.62. The number of nitrogens with one attached hydrogen (secondary N) is 1. The summed E-state index contributed by atoms with van der Waals surface area (Å²) < 4.78 is 1.57. The quantitative estimate of drug-likeness (QED) is 0.833. The number of benzene rings is 1. The highest BCUT2D eigenvalue weighted by Crippen LogP contribution is 2.29. The van der Waals surface area contributed by atoms with Crippen LogP contribution in [0.3, 0.4) is 0 Å². The number of aryl methyl sites for hydroxylation is 1. The number of halogens is 2. The summed E-state index contributed by atoms with van der Waals surface area (Å²) in [5.41, 5.74) is 6.21. The van der Waals surface area contributed by atoms with Crippen molar-refractivity contribution in [2.75, 3.05) is 11.1 Å². The van der Waals surface area contributed by atoms with Crippen LogP contribution in [0.15, 0.2) is 24.4 Å². The number of anilines is 2. The Balaban J connectivity index is 2.29. The number of nitrogen functional groups attached to an aromatic ring is 1. The van der Waals surface area contributed by atoms with Crippen LogP contribution >= 0.6 is 23.2 Å². The highest BCUT2D eigenvalue weighted by molar-refractivity contribution is 6.44. The Morgan fingerprint density at radius 1 is 1.44 bits per heavy atom. The van der Waals surface area contributed by atoms with Gasteiger partial charge in [0.2, 0.25) is 0 Å². The molecule has 94 valence electrons. The Labute approximate surface area is 113 Å². The molecule has 18 heavy (non-hydrogen) atoms. The number of amides is 1. The average molecular weight is 285 g/mol. The fourth-order valence-electron chi connectivity index (χ4n) is 1.44. The van der Waals surface area contributed by atoms with Crippen molar-refractivity contribution in [1.82, 2.24) is 9.78 Å². The molecule has 7 heteroatoms. The number of carbonyl (C=O) groups excluding carboxylic acids is 1. The van der Waals surface area contributed by atoms with Gasteiger partial charge in [-0.15, -0.1) is 0 Å². The predicted octanol–water partition coefficient (Wildman–Crippen LogP) is 2.56. The third-order valence-electron chi connectivity index (χ3n) is 2.25. The lowest BCUT2D eigenvalue weighted by molar-refractivity contribution is 0.102. The van der Waals surface area contributed by atoms with E-state index < -0.39 is 5.91 Å². The number of aromatic nitrogens is 2. The molecule has 1 amide bonds.